The van der Waals surface area contributed by atoms with Crippen molar-refractivity contribution in [2.24, 2.45) is 0 Å². The molecule has 2 amide bonds. The van der Waals surface area contributed by atoms with Gasteiger partial charge in [0.15, 0.2) is 0 Å². The van der Waals surface area contributed by atoms with Crippen LogP contribution in [0.4, 0.5) is 5.69 Å². The molecule has 1 aliphatic rings. The second kappa shape index (κ2) is 6.15. The van der Waals surface area contributed by atoms with Crippen LogP contribution in [0.2, 0.25) is 0 Å². The van der Waals surface area contributed by atoms with Crippen LogP contribution in [0.3, 0.4) is 0 Å². The second-order valence-corrected chi connectivity index (χ2v) is 6.29. The van der Waals surface area contributed by atoms with E-state index in [1.54, 1.807) is 43.3 Å². The fourth-order valence-electron chi connectivity index (χ4n) is 3.43. The number of hydrogen-bond acceptors (Lipinski definition) is 3. The van der Waals surface area contributed by atoms with Crippen LogP contribution in [0.5, 0.6) is 0 Å². The summed E-state index contributed by atoms with van der Waals surface area (Å²) in [5, 5.41) is 3.02. The molecule has 4 rings (SSSR count). The highest BCUT2D eigenvalue weighted by atomic mass is 16.2. The van der Waals surface area contributed by atoms with Crippen LogP contribution in [-0.4, -0.2) is 21.6 Å². The quantitative estimate of drug-likeness (QED) is 0.740. The number of imide groups is 1. The Morgan fingerprint density at radius 1 is 0.885 bits per heavy atom. The summed E-state index contributed by atoms with van der Waals surface area (Å²) in [6, 6.07) is 17.9. The number of nitrogens with one attached hydrogen (secondary N) is 1. The molecule has 2 heterocycles. The van der Waals surface area contributed by atoms with E-state index < -0.39 is 5.92 Å². The predicted molar refractivity (Wildman–Crippen MR) is 97.4 cm³/mol. The van der Waals surface area contributed by atoms with E-state index in [1.807, 2.05) is 24.3 Å². The Kier molecular flexibility index (Phi) is 3.80. The van der Waals surface area contributed by atoms with E-state index in [0.29, 0.717) is 22.6 Å². The Morgan fingerprint density at radius 2 is 1.46 bits per heavy atom. The Bertz CT molecular complexity index is 1040. The van der Waals surface area contributed by atoms with Gasteiger partial charge in [0, 0.05) is 12.1 Å². The number of anilines is 1. The van der Waals surface area contributed by atoms with Crippen LogP contribution in [0.15, 0.2) is 65.5 Å². The first-order valence-corrected chi connectivity index (χ1v) is 8.36. The molecular weight excluding hydrogens is 330 g/mol. The maximum absolute atomic E-state index is 12.9. The summed E-state index contributed by atoms with van der Waals surface area (Å²) >= 11 is 0. The van der Waals surface area contributed by atoms with Crippen molar-refractivity contribution in [3.05, 3.63) is 82.3 Å². The van der Waals surface area contributed by atoms with E-state index in [-0.39, 0.29) is 23.8 Å². The second-order valence-electron chi connectivity index (χ2n) is 6.29. The smallest absolute Gasteiger partial charge is 0.275 e. The highest BCUT2D eigenvalue weighted by Crippen LogP contribution is 2.33. The highest BCUT2D eigenvalue weighted by molar-refractivity contribution is 6.22. The van der Waals surface area contributed by atoms with Crippen LogP contribution >= 0.6 is 0 Å². The third kappa shape index (κ3) is 2.47. The normalized spacial score (nSPS) is 17.1. The molecule has 1 atom stereocenters. The number of H-pyrrole nitrogens is 1. The largest absolute Gasteiger partial charge is 0.295 e. The molecule has 3 aromatic rings. The highest BCUT2D eigenvalue weighted by Gasteiger charge is 2.43. The van der Waals surface area contributed by atoms with E-state index in [2.05, 4.69) is 5.10 Å². The number of hydrogen-bond donors (Lipinski definition) is 1. The van der Waals surface area contributed by atoms with Gasteiger partial charge in [-0.1, -0.05) is 36.4 Å². The minimum atomic E-state index is -0.767. The number of benzene rings is 2. The minimum absolute atomic E-state index is 0.00352. The molecule has 6 heteroatoms. The standard InChI is InChI=1S/C20H17N3O3/c1-13-18(20(26)23(21-13)15-10-6-3-7-11-15)16-12-17(24)22(19(16)25)14-8-4-2-5-9-14/h2-11,16,21H,12H2,1H3/t16-/m0/s1. The maximum Gasteiger partial charge on any atom is 0.275 e. The summed E-state index contributed by atoms with van der Waals surface area (Å²) in [6.45, 7) is 1.75. The molecule has 1 fully saturated rings. The molecule has 1 saturated heterocycles. The zero-order valence-corrected chi connectivity index (χ0v) is 14.2. The SMILES string of the molecule is Cc1[nH]n(-c2ccccc2)c(=O)c1[C@@H]1CC(=O)N(c2ccccc2)C1=O. The van der Waals surface area contributed by atoms with Crippen molar-refractivity contribution in [1.29, 1.82) is 0 Å². The Balaban J connectivity index is 1.76. The fourth-order valence-corrected chi connectivity index (χ4v) is 3.43. The van der Waals surface area contributed by atoms with Crippen LogP contribution < -0.4 is 10.5 Å². The van der Waals surface area contributed by atoms with E-state index in [1.165, 1.54) is 9.58 Å². The molecular formula is C20H17N3O3. The summed E-state index contributed by atoms with van der Waals surface area (Å²) < 4.78 is 1.41. The van der Waals surface area contributed by atoms with Crippen molar-refractivity contribution in [3.8, 4) is 5.69 Å². The van der Waals surface area contributed by atoms with Gasteiger partial charge < -0.3 is 0 Å². The monoisotopic (exact) mass is 347 g/mol. The molecule has 0 spiro atoms. The number of nitrogens with zero attached hydrogens (tertiary/aromatic N) is 2. The molecule has 1 aromatic heterocycles. The lowest BCUT2D eigenvalue weighted by molar-refractivity contribution is -0.121. The van der Waals surface area contributed by atoms with Gasteiger partial charge in [0.25, 0.3) is 5.56 Å². The fraction of sp³-hybridized carbons (Fsp3) is 0.150. The third-order valence-electron chi connectivity index (χ3n) is 4.64. The van der Waals surface area contributed by atoms with Crippen molar-refractivity contribution in [2.75, 3.05) is 4.90 Å². The van der Waals surface area contributed by atoms with Gasteiger partial charge in [-0.05, 0) is 31.2 Å². The number of aromatic nitrogens is 2. The molecule has 0 aliphatic carbocycles. The minimum Gasteiger partial charge on any atom is -0.295 e. The first kappa shape index (κ1) is 16.1. The van der Waals surface area contributed by atoms with Gasteiger partial charge in [0.2, 0.25) is 11.8 Å². The molecule has 0 bridgehead atoms. The van der Waals surface area contributed by atoms with Crippen LogP contribution in [0, 0.1) is 6.92 Å². The Morgan fingerprint density at radius 3 is 2.08 bits per heavy atom. The average Bonchev–Trinajstić information content (AvgIpc) is 3.11. The Hall–Kier alpha value is -3.41. The van der Waals surface area contributed by atoms with E-state index in [9.17, 15) is 14.4 Å². The van der Waals surface area contributed by atoms with Gasteiger partial charge >= 0.3 is 0 Å². The van der Waals surface area contributed by atoms with Gasteiger partial charge in [-0.25, -0.2) is 4.68 Å². The van der Waals surface area contributed by atoms with Gasteiger partial charge in [0.05, 0.1) is 22.9 Å². The topological polar surface area (TPSA) is 75.2 Å². The van der Waals surface area contributed by atoms with Gasteiger partial charge in [0.1, 0.15) is 0 Å². The molecule has 26 heavy (non-hydrogen) atoms. The number of rotatable bonds is 3. The number of carbonyl (C=O) groups is 2. The predicted octanol–water partition coefficient (Wildman–Crippen LogP) is 2.52. The molecule has 0 saturated carbocycles. The summed E-state index contributed by atoms with van der Waals surface area (Å²) in [6.07, 6.45) is -0.00352. The van der Waals surface area contributed by atoms with E-state index >= 15 is 0 Å². The third-order valence-corrected chi connectivity index (χ3v) is 4.64. The number of para-hydroxylation sites is 2. The lowest BCUT2D eigenvalue weighted by Crippen LogP contribution is -2.31. The first-order valence-electron chi connectivity index (χ1n) is 8.36. The van der Waals surface area contributed by atoms with Gasteiger partial charge in [-0.2, -0.15) is 0 Å². The van der Waals surface area contributed by atoms with Crippen LogP contribution in [0.1, 0.15) is 23.6 Å². The van der Waals surface area contributed by atoms with Crippen molar-refractivity contribution in [3.63, 3.8) is 0 Å². The molecule has 1 N–H and O–H groups in total. The summed E-state index contributed by atoms with van der Waals surface area (Å²) in [4.78, 5) is 39.5. The molecule has 2 aromatic carbocycles. The number of aromatic amines is 1. The lowest BCUT2D eigenvalue weighted by atomic mass is 9.98. The summed E-state index contributed by atoms with van der Waals surface area (Å²) in [7, 11) is 0. The maximum atomic E-state index is 12.9. The number of amides is 2. The van der Waals surface area contributed by atoms with Crippen molar-refractivity contribution < 1.29 is 9.59 Å². The summed E-state index contributed by atoms with van der Waals surface area (Å²) in [5.74, 6) is -1.42. The van der Waals surface area contributed by atoms with Crippen molar-refractivity contribution in [1.82, 2.24) is 9.78 Å². The first-order chi connectivity index (χ1) is 12.6. The lowest BCUT2D eigenvalue weighted by Gasteiger charge is -2.14. The number of carbonyl (C=O) groups excluding carboxylic acids is 2. The van der Waals surface area contributed by atoms with E-state index in [0.717, 1.165) is 0 Å². The zero-order valence-electron chi connectivity index (χ0n) is 14.2. The molecule has 0 radical (unpaired) electrons. The van der Waals surface area contributed by atoms with Gasteiger partial charge in [-0.3, -0.25) is 24.4 Å². The molecule has 130 valence electrons. The Labute approximate surface area is 149 Å². The van der Waals surface area contributed by atoms with Crippen molar-refractivity contribution in [2.45, 2.75) is 19.3 Å². The van der Waals surface area contributed by atoms with Crippen LogP contribution in [0.25, 0.3) is 5.69 Å². The number of aryl methyl sites for hydroxylation is 1. The van der Waals surface area contributed by atoms with Crippen LogP contribution in [-0.2, 0) is 9.59 Å². The average molecular weight is 347 g/mol. The van der Waals surface area contributed by atoms with Crippen molar-refractivity contribution >= 4 is 17.5 Å². The van der Waals surface area contributed by atoms with Gasteiger partial charge in [-0.15, -0.1) is 0 Å². The summed E-state index contributed by atoms with van der Waals surface area (Å²) in [5.41, 5.74) is 1.87. The van der Waals surface area contributed by atoms with E-state index in [4.69, 9.17) is 0 Å². The molecule has 6 nitrogen and oxygen atoms in total. The molecule has 0 unspecified atom stereocenters. The molecule has 1 aliphatic heterocycles. The zero-order chi connectivity index (χ0) is 18.3.